The van der Waals surface area contributed by atoms with Gasteiger partial charge in [0.1, 0.15) is 0 Å². The van der Waals surface area contributed by atoms with E-state index in [9.17, 15) is 14.7 Å². The summed E-state index contributed by atoms with van der Waals surface area (Å²) < 4.78 is 0. The maximum Gasteiger partial charge on any atom is 0.323 e. The van der Waals surface area contributed by atoms with Crippen LogP contribution in [0.3, 0.4) is 0 Å². The average molecular weight is 422 g/mol. The number of para-hydroxylation sites is 1. The minimum Gasteiger partial charge on any atom is -0.364 e. The second-order valence-corrected chi connectivity index (χ2v) is 8.42. The van der Waals surface area contributed by atoms with Gasteiger partial charge in [0.2, 0.25) is 11.3 Å². The van der Waals surface area contributed by atoms with Gasteiger partial charge < -0.3 is 14.9 Å². The number of rotatable bonds is 7. The summed E-state index contributed by atoms with van der Waals surface area (Å²) in [5.41, 5.74) is -1.38. The molecule has 0 radical (unpaired) electrons. The number of benzene rings is 2. The zero-order chi connectivity index (χ0) is 22.2. The van der Waals surface area contributed by atoms with Gasteiger partial charge in [-0.05, 0) is 18.9 Å². The highest BCUT2D eigenvalue weighted by molar-refractivity contribution is 6.11. The predicted octanol–water partition coefficient (Wildman–Crippen LogP) is 4.04. The van der Waals surface area contributed by atoms with Gasteiger partial charge in [0, 0.05) is 37.0 Å². The van der Waals surface area contributed by atoms with Gasteiger partial charge in [-0.25, -0.2) is 4.79 Å². The molecule has 0 unspecified atom stereocenters. The summed E-state index contributed by atoms with van der Waals surface area (Å²) in [7, 11) is 1.72. The Balaban J connectivity index is 2.05. The van der Waals surface area contributed by atoms with Crippen LogP contribution in [0.1, 0.15) is 50.7 Å². The Morgan fingerprint density at radius 3 is 2.06 bits per heavy atom. The molecule has 2 aromatic rings. The van der Waals surface area contributed by atoms with Gasteiger partial charge >= 0.3 is 6.03 Å². The molecule has 2 aliphatic rings. The molecule has 3 amide bonds. The van der Waals surface area contributed by atoms with Crippen molar-refractivity contribution in [1.29, 1.82) is 0 Å². The highest BCUT2D eigenvalue weighted by Gasteiger charge is 2.75. The maximum absolute atomic E-state index is 14.1. The molecular weight excluding hydrogens is 390 g/mol. The molecule has 0 saturated carbocycles. The topological polar surface area (TPSA) is 64.1 Å². The highest BCUT2D eigenvalue weighted by atomic mass is 16.3. The molecule has 164 valence electrons. The van der Waals surface area contributed by atoms with Crippen molar-refractivity contribution >= 4 is 17.6 Å². The van der Waals surface area contributed by atoms with E-state index in [1.807, 2.05) is 54.6 Å². The van der Waals surface area contributed by atoms with E-state index < -0.39 is 11.3 Å². The molecule has 31 heavy (non-hydrogen) atoms. The van der Waals surface area contributed by atoms with Crippen LogP contribution in [-0.2, 0) is 16.1 Å². The fraction of sp³-hybridized carbons (Fsp3) is 0.440. The lowest BCUT2D eigenvalue weighted by Crippen LogP contribution is -2.62. The Morgan fingerprint density at radius 1 is 0.839 bits per heavy atom. The van der Waals surface area contributed by atoms with Gasteiger partial charge in [-0.3, -0.25) is 9.69 Å². The van der Waals surface area contributed by atoms with Crippen LogP contribution in [-0.4, -0.2) is 47.0 Å². The minimum atomic E-state index is -1.81. The van der Waals surface area contributed by atoms with Crippen molar-refractivity contribution < 1.29 is 14.7 Å². The number of unbranched alkanes of at least 4 members (excludes halogenated alkanes) is 2. The largest absolute Gasteiger partial charge is 0.364 e. The number of amides is 3. The fourth-order valence-corrected chi connectivity index (χ4v) is 5.14. The van der Waals surface area contributed by atoms with Crippen LogP contribution in [0.15, 0.2) is 54.6 Å². The van der Waals surface area contributed by atoms with E-state index in [4.69, 9.17) is 0 Å². The maximum atomic E-state index is 14.1. The van der Waals surface area contributed by atoms with Gasteiger partial charge in [-0.2, -0.15) is 0 Å². The molecule has 6 heteroatoms. The van der Waals surface area contributed by atoms with E-state index in [0.717, 1.165) is 31.4 Å². The molecule has 2 heterocycles. The number of hydrogen-bond acceptors (Lipinski definition) is 3. The lowest BCUT2D eigenvalue weighted by Gasteiger charge is -2.43. The quantitative estimate of drug-likeness (QED) is 0.734. The minimum absolute atomic E-state index is 0.275. The number of fused-ring (bicyclic) bond motifs is 2. The third-order valence-corrected chi connectivity index (χ3v) is 6.68. The van der Waals surface area contributed by atoms with Crippen molar-refractivity contribution in [2.24, 2.45) is 0 Å². The number of carbonyl (C=O) groups excluding carboxylic acids is 2. The second-order valence-electron chi connectivity index (χ2n) is 8.42. The van der Waals surface area contributed by atoms with Crippen molar-refractivity contribution in [3.8, 4) is 0 Å². The normalized spacial score (nSPS) is 25.1. The van der Waals surface area contributed by atoms with E-state index >= 15 is 0 Å². The smallest absolute Gasteiger partial charge is 0.323 e. The lowest BCUT2D eigenvalue weighted by atomic mass is 9.76. The molecule has 0 aromatic heterocycles. The van der Waals surface area contributed by atoms with Crippen LogP contribution >= 0.6 is 0 Å². The SMILES string of the molecule is CCCCN1C(=O)N(CCCC)[C@@](O)(c2ccccc2)[C@]12C(=O)N(C)c1ccccc12. The molecule has 2 aliphatic heterocycles. The van der Waals surface area contributed by atoms with Crippen molar-refractivity contribution in [2.75, 3.05) is 25.0 Å². The number of aliphatic hydroxyl groups is 1. The van der Waals surface area contributed by atoms with E-state index in [1.54, 1.807) is 16.8 Å². The molecule has 0 bridgehead atoms. The van der Waals surface area contributed by atoms with Crippen molar-refractivity contribution in [2.45, 2.75) is 50.8 Å². The monoisotopic (exact) mass is 421 g/mol. The first-order valence-electron chi connectivity index (χ1n) is 11.2. The Bertz CT molecular complexity index is 979. The van der Waals surface area contributed by atoms with Crippen LogP contribution in [0.2, 0.25) is 0 Å². The zero-order valence-corrected chi connectivity index (χ0v) is 18.5. The summed E-state index contributed by atoms with van der Waals surface area (Å²) in [6.45, 7) is 4.89. The van der Waals surface area contributed by atoms with Gasteiger partial charge in [0.15, 0.2) is 0 Å². The summed E-state index contributed by atoms with van der Waals surface area (Å²) in [5, 5.41) is 12.6. The molecule has 6 nitrogen and oxygen atoms in total. The predicted molar refractivity (Wildman–Crippen MR) is 120 cm³/mol. The van der Waals surface area contributed by atoms with Crippen LogP contribution < -0.4 is 4.90 Å². The van der Waals surface area contributed by atoms with E-state index in [1.165, 1.54) is 4.90 Å². The number of likely N-dealkylation sites (N-methyl/N-ethyl adjacent to an activating group) is 1. The summed E-state index contributed by atoms with van der Waals surface area (Å²) in [4.78, 5) is 32.6. The van der Waals surface area contributed by atoms with Gasteiger partial charge in [-0.15, -0.1) is 0 Å². The number of carbonyl (C=O) groups is 2. The third kappa shape index (κ3) is 2.74. The number of anilines is 1. The molecule has 2 atom stereocenters. The molecular formula is C25H31N3O3. The van der Waals surface area contributed by atoms with E-state index in [-0.39, 0.29) is 11.9 Å². The van der Waals surface area contributed by atoms with Gasteiger partial charge in [0.25, 0.3) is 5.91 Å². The lowest BCUT2D eigenvalue weighted by molar-refractivity contribution is -0.164. The van der Waals surface area contributed by atoms with Gasteiger partial charge in [0.05, 0.1) is 0 Å². The summed E-state index contributed by atoms with van der Waals surface area (Å²) in [6.07, 6.45) is 3.24. The average Bonchev–Trinajstić information content (AvgIpc) is 3.14. The molecule has 1 fully saturated rings. The number of hydrogen-bond donors (Lipinski definition) is 1. The Morgan fingerprint density at radius 2 is 1.42 bits per heavy atom. The zero-order valence-electron chi connectivity index (χ0n) is 18.5. The van der Waals surface area contributed by atoms with Crippen molar-refractivity contribution in [3.63, 3.8) is 0 Å². The highest BCUT2D eigenvalue weighted by Crippen LogP contribution is 2.59. The van der Waals surface area contributed by atoms with Crippen LogP contribution in [0.4, 0.5) is 10.5 Å². The summed E-state index contributed by atoms with van der Waals surface area (Å²) >= 11 is 0. The van der Waals surface area contributed by atoms with Crippen LogP contribution in [0.5, 0.6) is 0 Å². The number of urea groups is 1. The number of nitrogens with zero attached hydrogens (tertiary/aromatic N) is 3. The fourth-order valence-electron chi connectivity index (χ4n) is 5.14. The summed E-state index contributed by atoms with van der Waals surface area (Å²) in [5.74, 6) is -0.275. The molecule has 4 rings (SSSR count). The van der Waals surface area contributed by atoms with Crippen LogP contribution in [0.25, 0.3) is 0 Å². The molecule has 0 aliphatic carbocycles. The first-order valence-corrected chi connectivity index (χ1v) is 11.2. The summed E-state index contributed by atoms with van der Waals surface area (Å²) in [6, 6.07) is 16.4. The third-order valence-electron chi connectivity index (χ3n) is 6.68. The van der Waals surface area contributed by atoms with Gasteiger partial charge in [-0.1, -0.05) is 75.2 Å². The molecule has 2 aromatic carbocycles. The first-order chi connectivity index (χ1) is 15.0. The second kappa shape index (κ2) is 8.00. The first kappa shape index (κ1) is 21.4. The van der Waals surface area contributed by atoms with Crippen molar-refractivity contribution in [3.05, 3.63) is 65.7 Å². The molecule has 1 saturated heterocycles. The Kier molecular flexibility index (Phi) is 5.52. The van der Waals surface area contributed by atoms with E-state index in [0.29, 0.717) is 24.2 Å². The molecule has 1 spiro atoms. The standard InChI is InChI=1S/C25H31N3O3/c1-4-6-17-27-23(30)28(18-7-5-2)25(31,19-13-9-8-10-14-19)24(27)20-15-11-12-16-21(20)26(3)22(24)29/h8-16,31H,4-7,17-18H2,1-3H3/t24-,25+/m0/s1. The Labute approximate surface area is 184 Å². The van der Waals surface area contributed by atoms with Crippen molar-refractivity contribution in [1.82, 2.24) is 9.80 Å². The Hall–Kier alpha value is -2.86. The van der Waals surface area contributed by atoms with Crippen LogP contribution in [0, 0.1) is 0 Å². The molecule has 1 N–H and O–H groups in total. The van der Waals surface area contributed by atoms with E-state index in [2.05, 4.69) is 13.8 Å².